The largest absolute Gasteiger partial charge is 0.372 e. The molecule has 2 rings (SSSR count). The van der Waals surface area contributed by atoms with Crippen molar-refractivity contribution in [3.05, 3.63) is 62.7 Å². The van der Waals surface area contributed by atoms with Gasteiger partial charge in [-0.2, -0.15) is 0 Å². The zero-order chi connectivity index (χ0) is 15.1. The number of thioether (sulfide) groups is 2. The lowest BCUT2D eigenvalue weighted by Crippen LogP contribution is -2.13. The molecular formula is C15H18N2O2S2. The summed E-state index contributed by atoms with van der Waals surface area (Å²) in [6.45, 7) is 1.82. The highest BCUT2D eigenvalue weighted by atomic mass is 32.2. The number of hydrogen-bond acceptors (Lipinski definition) is 5. The summed E-state index contributed by atoms with van der Waals surface area (Å²) in [4.78, 5) is 14.0. The summed E-state index contributed by atoms with van der Waals surface area (Å²) < 4.78 is 0.920. The fourth-order valence-electron chi connectivity index (χ4n) is 2.05. The average molecular weight is 322 g/mol. The highest BCUT2D eigenvalue weighted by Crippen LogP contribution is 2.34. The first-order valence-corrected chi connectivity index (χ1v) is 8.82. The van der Waals surface area contributed by atoms with Crippen molar-refractivity contribution in [2.75, 3.05) is 19.3 Å². The Kier molecular flexibility index (Phi) is 6.20. The lowest BCUT2D eigenvalue weighted by Gasteiger charge is -2.10. The van der Waals surface area contributed by atoms with Crippen LogP contribution in [0.4, 0.5) is 0 Å². The number of rotatable bonds is 6. The molecule has 112 valence electrons. The van der Waals surface area contributed by atoms with E-state index in [1.54, 1.807) is 24.0 Å². The second-order valence-electron chi connectivity index (χ2n) is 4.64. The van der Waals surface area contributed by atoms with Crippen LogP contribution in [0.2, 0.25) is 0 Å². The van der Waals surface area contributed by atoms with Crippen molar-refractivity contribution in [1.82, 2.24) is 4.90 Å². The average Bonchev–Trinajstić information content (AvgIpc) is 2.99. The fraction of sp³-hybridized carbons (Fsp3) is 0.333. The molecule has 0 spiro atoms. The molecule has 1 heterocycles. The van der Waals surface area contributed by atoms with Crippen molar-refractivity contribution >= 4 is 23.5 Å². The Hall–Kier alpha value is -1.40. The molecule has 0 aliphatic carbocycles. The van der Waals surface area contributed by atoms with E-state index in [1.165, 1.54) is 11.8 Å². The van der Waals surface area contributed by atoms with Crippen LogP contribution in [0.15, 0.2) is 57.4 Å². The summed E-state index contributed by atoms with van der Waals surface area (Å²) >= 11 is 3.08. The molecule has 1 aromatic carbocycles. The Morgan fingerprint density at radius 1 is 1.29 bits per heavy atom. The van der Waals surface area contributed by atoms with Crippen LogP contribution in [0, 0.1) is 10.1 Å². The Balaban J connectivity index is 2.16. The highest BCUT2D eigenvalue weighted by Gasteiger charge is 2.15. The van der Waals surface area contributed by atoms with Crippen LogP contribution in [-0.4, -0.2) is 29.2 Å². The van der Waals surface area contributed by atoms with E-state index in [-0.39, 0.29) is 10.6 Å². The van der Waals surface area contributed by atoms with Gasteiger partial charge in [-0.1, -0.05) is 30.0 Å². The van der Waals surface area contributed by atoms with Gasteiger partial charge >= 0.3 is 0 Å². The first-order chi connectivity index (χ1) is 10.2. The van der Waals surface area contributed by atoms with Gasteiger partial charge in [0.25, 0.3) is 5.70 Å². The molecule has 1 aromatic rings. The van der Waals surface area contributed by atoms with Crippen molar-refractivity contribution in [1.29, 1.82) is 0 Å². The first kappa shape index (κ1) is 16.0. The molecule has 1 fully saturated rings. The van der Waals surface area contributed by atoms with Gasteiger partial charge in [-0.25, -0.2) is 0 Å². The highest BCUT2D eigenvalue weighted by molar-refractivity contribution is 8.22. The summed E-state index contributed by atoms with van der Waals surface area (Å²) in [6, 6.07) is 9.90. The summed E-state index contributed by atoms with van der Waals surface area (Å²) in [6.07, 6.45) is 7.50. The van der Waals surface area contributed by atoms with E-state index in [4.69, 9.17) is 0 Å². The number of benzene rings is 1. The Morgan fingerprint density at radius 3 is 2.52 bits per heavy atom. The molecule has 21 heavy (non-hydrogen) atoms. The molecule has 6 heteroatoms. The van der Waals surface area contributed by atoms with Crippen LogP contribution >= 0.6 is 23.5 Å². The molecule has 0 radical (unpaired) electrons. The van der Waals surface area contributed by atoms with Gasteiger partial charge in [0.15, 0.2) is 0 Å². The molecule has 4 nitrogen and oxygen atoms in total. The molecule has 1 aliphatic heterocycles. The Bertz CT molecular complexity index is 538. The molecule has 0 unspecified atom stereocenters. The quantitative estimate of drug-likeness (QED) is 0.340. The molecule has 0 amide bonds. The summed E-state index contributed by atoms with van der Waals surface area (Å²) in [5.74, 6) is 0. The van der Waals surface area contributed by atoms with Gasteiger partial charge in [0.05, 0.1) is 15.4 Å². The zero-order valence-corrected chi connectivity index (χ0v) is 13.5. The standard InChI is InChI=1S/C15H18N2O2S2/c1-20-15(21-14-7-3-2-4-8-14)11-13(17(18)19)12-16-9-5-6-10-16/h2-4,7-8,11-12H,5-6,9-10H2,1H3/b13-12+,15-11+. The molecule has 0 N–H and O–H groups in total. The van der Waals surface area contributed by atoms with Crippen molar-refractivity contribution in [3.63, 3.8) is 0 Å². The number of nitro groups is 1. The van der Waals surface area contributed by atoms with E-state index in [2.05, 4.69) is 0 Å². The predicted octanol–water partition coefficient (Wildman–Crippen LogP) is 4.20. The third kappa shape index (κ3) is 5.13. The maximum absolute atomic E-state index is 11.2. The number of allylic oxidation sites excluding steroid dienone is 1. The number of hydrogen-bond donors (Lipinski definition) is 0. The van der Waals surface area contributed by atoms with Crippen LogP contribution < -0.4 is 0 Å². The molecule has 1 aliphatic rings. The van der Waals surface area contributed by atoms with Crippen molar-refractivity contribution in [3.8, 4) is 0 Å². The fourth-order valence-corrected chi connectivity index (χ4v) is 3.62. The van der Waals surface area contributed by atoms with E-state index in [0.29, 0.717) is 0 Å². The van der Waals surface area contributed by atoms with E-state index in [1.807, 2.05) is 41.5 Å². The van der Waals surface area contributed by atoms with Crippen molar-refractivity contribution < 1.29 is 4.92 Å². The third-order valence-electron chi connectivity index (χ3n) is 3.09. The van der Waals surface area contributed by atoms with E-state index in [0.717, 1.165) is 35.1 Å². The topological polar surface area (TPSA) is 46.4 Å². The van der Waals surface area contributed by atoms with E-state index in [9.17, 15) is 10.1 Å². The van der Waals surface area contributed by atoms with Gasteiger partial charge in [-0.15, -0.1) is 11.8 Å². The van der Waals surface area contributed by atoms with Crippen LogP contribution in [0.3, 0.4) is 0 Å². The maximum atomic E-state index is 11.2. The van der Waals surface area contributed by atoms with E-state index >= 15 is 0 Å². The third-order valence-corrected chi connectivity index (χ3v) is 5.19. The van der Waals surface area contributed by atoms with Crippen LogP contribution in [0.5, 0.6) is 0 Å². The second kappa shape index (κ2) is 8.14. The second-order valence-corrected chi connectivity index (χ2v) is 6.86. The molecule has 0 bridgehead atoms. The number of likely N-dealkylation sites (tertiary alicyclic amines) is 1. The summed E-state index contributed by atoms with van der Waals surface area (Å²) in [5.41, 5.74) is 0.157. The predicted molar refractivity (Wildman–Crippen MR) is 89.8 cm³/mol. The van der Waals surface area contributed by atoms with Gasteiger partial charge in [-0.3, -0.25) is 10.1 Å². The summed E-state index contributed by atoms with van der Waals surface area (Å²) in [7, 11) is 0. The minimum Gasteiger partial charge on any atom is -0.372 e. The molecule has 0 atom stereocenters. The molecule has 1 saturated heterocycles. The number of nitrogens with zero attached hydrogens (tertiary/aromatic N) is 2. The van der Waals surface area contributed by atoms with Gasteiger partial charge in [0.1, 0.15) is 0 Å². The Morgan fingerprint density at radius 2 is 1.95 bits per heavy atom. The first-order valence-electron chi connectivity index (χ1n) is 6.78. The maximum Gasteiger partial charge on any atom is 0.286 e. The smallest absolute Gasteiger partial charge is 0.286 e. The lowest BCUT2D eigenvalue weighted by molar-refractivity contribution is -0.420. The van der Waals surface area contributed by atoms with Gasteiger partial charge in [0.2, 0.25) is 0 Å². The van der Waals surface area contributed by atoms with Gasteiger partial charge < -0.3 is 4.90 Å². The normalized spacial score (nSPS) is 16.3. The lowest BCUT2D eigenvalue weighted by atomic mass is 10.4. The van der Waals surface area contributed by atoms with Gasteiger partial charge in [-0.05, 0) is 31.2 Å². The minimum atomic E-state index is -0.305. The van der Waals surface area contributed by atoms with Crippen LogP contribution in [0.25, 0.3) is 0 Å². The van der Waals surface area contributed by atoms with Gasteiger partial charge in [0, 0.05) is 24.1 Å². The van der Waals surface area contributed by atoms with Crippen molar-refractivity contribution in [2.24, 2.45) is 0 Å². The molecule has 0 saturated carbocycles. The van der Waals surface area contributed by atoms with E-state index < -0.39 is 0 Å². The van der Waals surface area contributed by atoms with Crippen LogP contribution in [0.1, 0.15) is 12.8 Å². The molecular weight excluding hydrogens is 304 g/mol. The summed E-state index contributed by atoms with van der Waals surface area (Å²) in [5, 5.41) is 11.2. The minimum absolute atomic E-state index is 0.157. The van der Waals surface area contributed by atoms with Crippen molar-refractivity contribution in [2.45, 2.75) is 17.7 Å². The molecule has 0 aromatic heterocycles. The zero-order valence-electron chi connectivity index (χ0n) is 11.9. The van der Waals surface area contributed by atoms with Crippen LogP contribution in [-0.2, 0) is 0 Å². The Labute approximate surface area is 133 Å². The SMILES string of the molecule is CS/C(=C\C(=C/N1CCCC1)[N+](=O)[O-])Sc1ccccc1. The monoisotopic (exact) mass is 322 g/mol.